The number of allylic oxidation sites excluding steroid dienone is 3. The van der Waals surface area contributed by atoms with Gasteiger partial charge in [-0.25, -0.2) is 4.79 Å². The van der Waals surface area contributed by atoms with Gasteiger partial charge in [0, 0.05) is 6.08 Å². The summed E-state index contributed by atoms with van der Waals surface area (Å²) in [6, 6.07) is 0. The van der Waals surface area contributed by atoms with Crippen LogP contribution in [0.3, 0.4) is 0 Å². The number of nitrogens with zero attached hydrogens (tertiary/aromatic N) is 1. The Bertz CT molecular complexity index is 367. The van der Waals surface area contributed by atoms with Crippen molar-refractivity contribution < 1.29 is 23.9 Å². The van der Waals surface area contributed by atoms with Crippen LogP contribution in [-0.4, -0.2) is 55.3 Å². The van der Waals surface area contributed by atoms with Crippen molar-refractivity contribution in [2.45, 2.75) is 32.3 Å². The average Bonchev–Trinajstić information content (AvgIpc) is 2.25. The predicted octanol–water partition coefficient (Wildman–Crippen LogP) is 1.99. The molecule has 1 atom stereocenters. The van der Waals surface area contributed by atoms with E-state index in [1.165, 1.54) is 6.08 Å². The Hall–Kier alpha value is -1.62. The number of carbonyl (C=O) groups is 2. The van der Waals surface area contributed by atoms with Crippen LogP contribution in [0.1, 0.15) is 26.2 Å². The maximum atomic E-state index is 11.6. The molecule has 0 spiro atoms. The molecule has 1 N–H and O–H groups in total. The number of quaternary nitrogens is 1. The summed E-state index contributed by atoms with van der Waals surface area (Å²) < 4.78 is 5.72. The minimum Gasteiger partial charge on any atom is -0.481 e. The lowest BCUT2D eigenvalue weighted by Gasteiger charge is -2.28. The molecular formula is C15H26NO4+. The fourth-order valence-corrected chi connectivity index (χ4v) is 1.63. The first-order chi connectivity index (χ1) is 9.24. The van der Waals surface area contributed by atoms with Crippen LogP contribution in [0.5, 0.6) is 0 Å². The number of hydrogen-bond acceptors (Lipinski definition) is 3. The molecule has 0 saturated heterocycles. The second-order valence-electron chi connectivity index (χ2n) is 5.71. The second-order valence-corrected chi connectivity index (χ2v) is 5.71. The van der Waals surface area contributed by atoms with E-state index in [0.29, 0.717) is 11.0 Å². The lowest BCUT2D eigenvalue weighted by atomic mass is 10.2. The first-order valence-electron chi connectivity index (χ1n) is 6.80. The number of rotatable bonds is 9. The molecule has 0 amide bonds. The summed E-state index contributed by atoms with van der Waals surface area (Å²) in [5.74, 6) is -1.48. The van der Waals surface area contributed by atoms with E-state index in [1.54, 1.807) is 12.2 Å². The van der Waals surface area contributed by atoms with Crippen molar-refractivity contribution in [1.82, 2.24) is 0 Å². The standard InChI is InChI=1S/C15H25NO4/c1-5-6-7-8-9-10-15(19)20-13(11-14(17)18)12-16(2,3)4/h7-10,13H,5-6,11-12H2,1-4H3/p+1/b8-7+,10-9+. The number of esters is 1. The highest BCUT2D eigenvalue weighted by atomic mass is 16.5. The lowest BCUT2D eigenvalue weighted by molar-refractivity contribution is -0.873. The van der Waals surface area contributed by atoms with E-state index in [0.717, 1.165) is 12.8 Å². The van der Waals surface area contributed by atoms with Crippen molar-refractivity contribution in [2.24, 2.45) is 0 Å². The Morgan fingerprint density at radius 1 is 1.25 bits per heavy atom. The molecule has 0 saturated carbocycles. The van der Waals surface area contributed by atoms with E-state index in [4.69, 9.17) is 9.84 Å². The number of unbranched alkanes of at least 4 members (excludes halogenated alkanes) is 1. The summed E-state index contributed by atoms with van der Waals surface area (Å²) in [7, 11) is 5.77. The zero-order valence-corrected chi connectivity index (χ0v) is 12.8. The topological polar surface area (TPSA) is 63.6 Å². The van der Waals surface area contributed by atoms with Crippen LogP contribution in [-0.2, 0) is 14.3 Å². The van der Waals surface area contributed by atoms with E-state index < -0.39 is 18.0 Å². The Morgan fingerprint density at radius 2 is 1.90 bits per heavy atom. The van der Waals surface area contributed by atoms with Gasteiger partial charge >= 0.3 is 11.9 Å². The number of hydrogen-bond donors (Lipinski definition) is 1. The monoisotopic (exact) mass is 284 g/mol. The number of carboxylic acids is 1. The van der Waals surface area contributed by atoms with E-state index in [1.807, 2.05) is 27.2 Å². The van der Waals surface area contributed by atoms with Gasteiger partial charge < -0.3 is 14.3 Å². The third-order valence-corrected chi connectivity index (χ3v) is 2.37. The Kier molecular flexibility index (Phi) is 8.56. The molecule has 5 heteroatoms. The molecular weight excluding hydrogens is 258 g/mol. The van der Waals surface area contributed by atoms with Crippen LogP contribution in [0.4, 0.5) is 0 Å². The SMILES string of the molecule is CCC/C=C/C=C/C(=O)OC(CC(=O)O)C[N+](C)(C)C. The van der Waals surface area contributed by atoms with Gasteiger partial charge in [0.1, 0.15) is 6.54 Å². The third-order valence-electron chi connectivity index (χ3n) is 2.37. The fourth-order valence-electron chi connectivity index (χ4n) is 1.63. The molecule has 0 rings (SSSR count). The summed E-state index contributed by atoms with van der Waals surface area (Å²) in [4.78, 5) is 22.4. The summed E-state index contributed by atoms with van der Waals surface area (Å²) in [5, 5.41) is 8.84. The van der Waals surface area contributed by atoms with Crippen molar-refractivity contribution in [1.29, 1.82) is 0 Å². The van der Waals surface area contributed by atoms with Crippen LogP contribution < -0.4 is 0 Å². The number of carboxylic acid groups (broad SMARTS) is 1. The average molecular weight is 284 g/mol. The van der Waals surface area contributed by atoms with Gasteiger partial charge in [-0.1, -0.05) is 31.6 Å². The van der Waals surface area contributed by atoms with E-state index in [9.17, 15) is 9.59 Å². The number of aliphatic carboxylic acids is 1. The van der Waals surface area contributed by atoms with Gasteiger partial charge in [-0.05, 0) is 6.42 Å². The minimum atomic E-state index is -0.969. The molecule has 5 nitrogen and oxygen atoms in total. The van der Waals surface area contributed by atoms with Gasteiger partial charge in [-0.3, -0.25) is 4.79 Å². The molecule has 0 fully saturated rings. The number of likely N-dealkylation sites (N-methyl/N-ethyl adjacent to an activating group) is 1. The molecule has 114 valence electrons. The smallest absolute Gasteiger partial charge is 0.331 e. The second kappa shape index (κ2) is 9.31. The van der Waals surface area contributed by atoms with Gasteiger partial charge in [0.2, 0.25) is 0 Å². The van der Waals surface area contributed by atoms with E-state index in [-0.39, 0.29) is 6.42 Å². The third kappa shape index (κ3) is 11.5. The summed E-state index contributed by atoms with van der Waals surface area (Å²) >= 11 is 0. The van der Waals surface area contributed by atoms with Gasteiger partial charge in [0.25, 0.3) is 0 Å². The van der Waals surface area contributed by atoms with Crippen molar-refractivity contribution in [3.63, 3.8) is 0 Å². The van der Waals surface area contributed by atoms with E-state index in [2.05, 4.69) is 6.92 Å². The highest BCUT2D eigenvalue weighted by Crippen LogP contribution is 2.06. The molecule has 0 aliphatic carbocycles. The first-order valence-corrected chi connectivity index (χ1v) is 6.80. The Labute approximate surface area is 121 Å². The minimum absolute atomic E-state index is 0.180. The molecule has 0 heterocycles. The molecule has 20 heavy (non-hydrogen) atoms. The zero-order chi connectivity index (χ0) is 15.6. The molecule has 0 bridgehead atoms. The highest BCUT2D eigenvalue weighted by molar-refractivity contribution is 5.82. The lowest BCUT2D eigenvalue weighted by Crippen LogP contribution is -2.43. The first kappa shape index (κ1) is 18.4. The largest absolute Gasteiger partial charge is 0.481 e. The summed E-state index contributed by atoms with van der Waals surface area (Å²) in [5.41, 5.74) is 0. The van der Waals surface area contributed by atoms with Gasteiger partial charge in [0.05, 0.1) is 27.6 Å². The molecule has 0 aliphatic heterocycles. The van der Waals surface area contributed by atoms with Crippen LogP contribution in [0.25, 0.3) is 0 Å². The molecule has 1 unspecified atom stereocenters. The van der Waals surface area contributed by atoms with Crippen LogP contribution in [0, 0.1) is 0 Å². The molecule has 0 aliphatic rings. The van der Waals surface area contributed by atoms with Gasteiger partial charge in [-0.2, -0.15) is 0 Å². The summed E-state index contributed by atoms with van der Waals surface area (Å²) in [6.07, 6.45) is 7.89. The van der Waals surface area contributed by atoms with E-state index >= 15 is 0 Å². The maximum Gasteiger partial charge on any atom is 0.331 e. The highest BCUT2D eigenvalue weighted by Gasteiger charge is 2.23. The Balaban J connectivity index is 4.41. The van der Waals surface area contributed by atoms with Crippen molar-refractivity contribution >= 4 is 11.9 Å². The van der Waals surface area contributed by atoms with Crippen molar-refractivity contribution in [3.8, 4) is 0 Å². The fraction of sp³-hybridized carbons (Fsp3) is 0.600. The zero-order valence-electron chi connectivity index (χ0n) is 12.8. The van der Waals surface area contributed by atoms with Crippen LogP contribution >= 0.6 is 0 Å². The molecule has 0 aromatic carbocycles. The molecule has 0 aromatic heterocycles. The number of carbonyl (C=O) groups excluding carboxylic acids is 1. The Morgan fingerprint density at radius 3 is 2.40 bits per heavy atom. The van der Waals surface area contributed by atoms with Crippen molar-refractivity contribution in [3.05, 3.63) is 24.3 Å². The maximum absolute atomic E-state index is 11.6. The van der Waals surface area contributed by atoms with Crippen LogP contribution in [0.15, 0.2) is 24.3 Å². The van der Waals surface area contributed by atoms with Crippen molar-refractivity contribution in [2.75, 3.05) is 27.7 Å². The van der Waals surface area contributed by atoms with Gasteiger partial charge in [0.15, 0.2) is 6.10 Å². The molecule has 0 aromatic rings. The quantitative estimate of drug-likeness (QED) is 0.304. The van der Waals surface area contributed by atoms with Gasteiger partial charge in [-0.15, -0.1) is 0 Å². The summed E-state index contributed by atoms with van der Waals surface area (Å²) in [6.45, 7) is 2.53. The molecule has 0 radical (unpaired) electrons. The predicted molar refractivity (Wildman–Crippen MR) is 78.2 cm³/mol. The normalized spacial score (nSPS) is 13.8. The number of ether oxygens (including phenoxy) is 1. The van der Waals surface area contributed by atoms with Crippen LogP contribution in [0.2, 0.25) is 0 Å².